The number of ether oxygens (including phenoxy) is 1. The van der Waals surface area contributed by atoms with E-state index in [1.165, 1.54) is 32.4 Å². The molecule has 0 aromatic heterocycles. The Morgan fingerprint density at radius 2 is 1.82 bits per heavy atom. The van der Waals surface area contributed by atoms with Crippen molar-refractivity contribution in [1.82, 2.24) is 15.3 Å². The topological polar surface area (TPSA) is 27.7 Å². The van der Waals surface area contributed by atoms with E-state index in [-0.39, 0.29) is 0 Å². The third kappa shape index (κ3) is 4.21. The predicted octanol–water partition coefficient (Wildman–Crippen LogP) is 1.09. The minimum Gasteiger partial charge on any atom is -0.379 e. The summed E-state index contributed by atoms with van der Waals surface area (Å²) in [7, 11) is 0. The molecular weight excluding hydrogens is 214 g/mol. The minimum absolute atomic E-state index is 0.664. The van der Waals surface area contributed by atoms with Crippen molar-refractivity contribution in [2.75, 3.05) is 39.4 Å². The number of morpholine rings is 1. The largest absolute Gasteiger partial charge is 0.379 e. The molecule has 2 aliphatic heterocycles. The van der Waals surface area contributed by atoms with Crippen LogP contribution < -0.4 is 5.43 Å². The van der Waals surface area contributed by atoms with Crippen molar-refractivity contribution in [3.05, 3.63) is 0 Å². The van der Waals surface area contributed by atoms with Crippen LogP contribution >= 0.6 is 0 Å². The van der Waals surface area contributed by atoms with E-state index in [0.717, 1.165) is 26.3 Å². The first kappa shape index (κ1) is 13.3. The second-order valence-electron chi connectivity index (χ2n) is 5.49. The molecule has 100 valence electrons. The summed E-state index contributed by atoms with van der Waals surface area (Å²) in [5, 5.41) is 2.35. The molecule has 0 bridgehead atoms. The lowest BCUT2D eigenvalue weighted by atomic mass is 10.1. The fraction of sp³-hybridized carbons (Fsp3) is 1.00. The minimum atomic E-state index is 0.664. The maximum Gasteiger partial charge on any atom is 0.0608 e. The van der Waals surface area contributed by atoms with Crippen LogP contribution in [0.15, 0.2) is 0 Å². The van der Waals surface area contributed by atoms with Gasteiger partial charge in [0, 0.05) is 25.2 Å². The summed E-state index contributed by atoms with van der Waals surface area (Å²) in [6, 6.07) is 1.36. The molecule has 2 fully saturated rings. The number of likely N-dealkylation sites (tertiary alicyclic amines) is 1. The normalized spacial score (nSPS) is 29.5. The van der Waals surface area contributed by atoms with Gasteiger partial charge in [-0.1, -0.05) is 0 Å². The fourth-order valence-electron chi connectivity index (χ4n) is 2.71. The van der Waals surface area contributed by atoms with Gasteiger partial charge in [-0.25, -0.2) is 5.01 Å². The molecule has 1 atom stereocenters. The number of hydrogen-bond acceptors (Lipinski definition) is 4. The second-order valence-corrected chi connectivity index (χ2v) is 5.49. The van der Waals surface area contributed by atoms with Crippen molar-refractivity contribution < 1.29 is 4.74 Å². The highest BCUT2D eigenvalue weighted by molar-refractivity contribution is 4.76. The third-order valence-corrected chi connectivity index (χ3v) is 3.87. The first-order valence-corrected chi connectivity index (χ1v) is 7.08. The highest BCUT2D eigenvalue weighted by Gasteiger charge is 2.20. The molecule has 4 heteroatoms. The van der Waals surface area contributed by atoms with Gasteiger partial charge in [0.25, 0.3) is 0 Å². The van der Waals surface area contributed by atoms with Crippen molar-refractivity contribution in [1.29, 1.82) is 0 Å². The van der Waals surface area contributed by atoms with Crippen LogP contribution in [0.2, 0.25) is 0 Å². The molecule has 0 amide bonds. The molecule has 2 aliphatic rings. The second kappa shape index (κ2) is 6.69. The molecule has 2 heterocycles. The molecule has 2 saturated heterocycles. The molecule has 1 unspecified atom stereocenters. The zero-order valence-corrected chi connectivity index (χ0v) is 11.3. The summed E-state index contributed by atoms with van der Waals surface area (Å²) in [6.07, 6.45) is 3.90. The summed E-state index contributed by atoms with van der Waals surface area (Å²) in [5.41, 5.74) is 3.68. The Kier molecular flexibility index (Phi) is 5.22. The van der Waals surface area contributed by atoms with E-state index in [0.29, 0.717) is 12.1 Å². The maximum atomic E-state index is 5.37. The number of hydrogen-bond donors (Lipinski definition) is 1. The summed E-state index contributed by atoms with van der Waals surface area (Å²) in [4.78, 5) is 2.60. The zero-order chi connectivity index (χ0) is 12.1. The number of nitrogens with zero attached hydrogens (tertiary/aromatic N) is 2. The van der Waals surface area contributed by atoms with E-state index in [1.54, 1.807) is 0 Å². The van der Waals surface area contributed by atoms with Gasteiger partial charge in [-0.05, 0) is 46.2 Å². The summed E-state index contributed by atoms with van der Waals surface area (Å²) in [5.74, 6) is 0. The van der Waals surface area contributed by atoms with Crippen LogP contribution in [-0.4, -0.2) is 61.4 Å². The molecule has 0 spiro atoms. The van der Waals surface area contributed by atoms with Gasteiger partial charge in [-0.2, -0.15) is 0 Å². The van der Waals surface area contributed by atoms with Gasteiger partial charge in [0.05, 0.1) is 13.2 Å². The van der Waals surface area contributed by atoms with Crippen molar-refractivity contribution in [2.45, 2.75) is 45.2 Å². The summed E-state index contributed by atoms with van der Waals surface area (Å²) < 4.78 is 5.37. The SMILES string of the molecule is CC(C)N1CCCC(NN2CCOCC2)CC1. The van der Waals surface area contributed by atoms with Gasteiger partial charge >= 0.3 is 0 Å². The Morgan fingerprint density at radius 3 is 2.53 bits per heavy atom. The molecule has 0 aliphatic carbocycles. The lowest BCUT2D eigenvalue weighted by Crippen LogP contribution is -2.50. The van der Waals surface area contributed by atoms with Crippen molar-refractivity contribution >= 4 is 0 Å². The van der Waals surface area contributed by atoms with E-state index in [4.69, 9.17) is 4.74 Å². The van der Waals surface area contributed by atoms with Gasteiger partial charge in [0.1, 0.15) is 0 Å². The van der Waals surface area contributed by atoms with E-state index >= 15 is 0 Å². The van der Waals surface area contributed by atoms with Crippen molar-refractivity contribution in [2.24, 2.45) is 0 Å². The molecule has 0 radical (unpaired) electrons. The van der Waals surface area contributed by atoms with Crippen LogP contribution in [0.1, 0.15) is 33.1 Å². The number of nitrogens with one attached hydrogen (secondary N) is 1. The Balaban J connectivity index is 1.74. The monoisotopic (exact) mass is 241 g/mol. The highest BCUT2D eigenvalue weighted by atomic mass is 16.5. The van der Waals surface area contributed by atoms with Gasteiger partial charge in [0.2, 0.25) is 0 Å². The Morgan fingerprint density at radius 1 is 1.06 bits per heavy atom. The van der Waals surface area contributed by atoms with E-state index in [9.17, 15) is 0 Å². The molecule has 17 heavy (non-hydrogen) atoms. The van der Waals surface area contributed by atoms with Gasteiger partial charge in [-0.3, -0.25) is 5.43 Å². The van der Waals surface area contributed by atoms with Crippen LogP contribution in [0.25, 0.3) is 0 Å². The van der Waals surface area contributed by atoms with Gasteiger partial charge in [-0.15, -0.1) is 0 Å². The molecule has 2 rings (SSSR count). The van der Waals surface area contributed by atoms with Crippen molar-refractivity contribution in [3.8, 4) is 0 Å². The van der Waals surface area contributed by atoms with E-state index in [1.807, 2.05) is 0 Å². The number of rotatable bonds is 3. The molecule has 0 saturated carbocycles. The first-order valence-electron chi connectivity index (χ1n) is 7.08. The smallest absolute Gasteiger partial charge is 0.0608 e. The fourth-order valence-corrected chi connectivity index (χ4v) is 2.71. The Labute approximate surface area is 105 Å². The zero-order valence-electron chi connectivity index (χ0n) is 11.3. The maximum absolute atomic E-state index is 5.37. The van der Waals surface area contributed by atoms with Gasteiger partial charge in [0.15, 0.2) is 0 Å². The Bertz CT molecular complexity index is 217. The summed E-state index contributed by atoms with van der Waals surface area (Å²) >= 11 is 0. The van der Waals surface area contributed by atoms with Crippen LogP contribution in [0, 0.1) is 0 Å². The molecule has 1 N–H and O–H groups in total. The van der Waals surface area contributed by atoms with E-state index < -0.39 is 0 Å². The number of hydrazine groups is 1. The lowest BCUT2D eigenvalue weighted by molar-refractivity contribution is 0.00232. The predicted molar refractivity (Wildman–Crippen MR) is 69.9 cm³/mol. The first-order chi connectivity index (χ1) is 8.25. The molecule has 0 aromatic carbocycles. The third-order valence-electron chi connectivity index (χ3n) is 3.87. The van der Waals surface area contributed by atoms with Crippen LogP contribution in [0.4, 0.5) is 0 Å². The van der Waals surface area contributed by atoms with Crippen LogP contribution in [0.5, 0.6) is 0 Å². The Hall–Kier alpha value is -0.160. The highest BCUT2D eigenvalue weighted by Crippen LogP contribution is 2.14. The molecule has 4 nitrogen and oxygen atoms in total. The van der Waals surface area contributed by atoms with Crippen molar-refractivity contribution in [3.63, 3.8) is 0 Å². The van der Waals surface area contributed by atoms with Crippen LogP contribution in [0.3, 0.4) is 0 Å². The average Bonchev–Trinajstić information content (AvgIpc) is 2.56. The quantitative estimate of drug-likeness (QED) is 0.800. The molecule has 0 aromatic rings. The van der Waals surface area contributed by atoms with Crippen LogP contribution in [-0.2, 0) is 4.74 Å². The van der Waals surface area contributed by atoms with E-state index in [2.05, 4.69) is 29.2 Å². The van der Waals surface area contributed by atoms with Gasteiger partial charge < -0.3 is 9.64 Å². The summed E-state index contributed by atoms with van der Waals surface area (Å²) in [6.45, 7) is 10.9. The average molecular weight is 241 g/mol. The molecular formula is C13H27N3O. The lowest BCUT2D eigenvalue weighted by Gasteiger charge is -2.31. The standard InChI is InChI=1S/C13H27N3O/c1-12(2)15-6-3-4-13(5-7-15)14-16-8-10-17-11-9-16/h12-14H,3-11H2,1-2H3.